The van der Waals surface area contributed by atoms with E-state index in [0.717, 1.165) is 10.5 Å². The van der Waals surface area contributed by atoms with Gasteiger partial charge in [0.2, 0.25) is 0 Å². The maximum atomic E-state index is 12.8. The SMILES string of the molecule is O=C(COC(=O)c1ccc2c(c1)C(=O)N(CCc1ccccc1)C2=O)Nc1cc(Cl)cc(Cl)c1. The Morgan fingerprint density at radius 2 is 1.53 bits per heavy atom. The molecule has 0 saturated heterocycles. The Morgan fingerprint density at radius 1 is 0.853 bits per heavy atom. The van der Waals surface area contributed by atoms with Crippen molar-refractivity contribution in [3.63, 3.8) is 0 Å². The first kappa shape index (κ1) is 23.5. The van der Waals surface area contributed by atoms with Gasteiger partial charge in [-0.25, -0.2) is 4.79 Å². The number of fused-ring (bicyclic) bond motifs is 1. The monoisotopic (exact) mass is 496 g/mol. The molecule has 0 aliphatic carbocycles. The van der Waals surface area contributed by atoms with Crippen molar-refractivity contribution in [3.05, 3.63) is 99.0 Å². The molecular formula is C25H18Cl2N2O5. The molecule has 3 aromatic rings. The molecule has 0 fully saturated rings. The molecule has 0 bridgehead atoms. The zero-order chi connectivity index (χ0) is 24.2. The Hall–Kier alpha value is -3.68. The van der Waals surface area contributed by atoms with Crippen LogP contribution in [0.4, 0.5) is 5.69 Å². The third kappa shape index (κ3) is 5.27. The van der Waals surface area contributed by atoms with Crippen LogP contribution < -0.4 is 5.32 Å². The summed E-state index contributed by atoms with van der Waals surface area (Å²) >= 11 is 11.8. The van der Waals surface area contributed by atoms with E-state index in [4.69, 9.17) is 27.9 Å². The number of amides is 3. The molecule has 0 radical (unpaired) electrons. The normalized spacial score (nSPS) is 12.5. The maximum absolute atomic E-state index is 12.8. The number of carbonyl (C=O) groups excluding carboxylic acids is 4. The first-order chi connectivity index (χ1) is 16.3. The fourth-order valence-electron chi connectivity index (χ4n) is 3.54. The van der Waals surface area contributed by atoms with Gasteiger partial charge in [0.25, 0.3) is 17.7 Å². The largest absolute Gasteiger partial charge is 0.452 e. The van der Waals surface area contributed by atoms with Gasteiger partial charge < -0.3 is 10.1 Å². The Kier molecular flexibility index (Phi) is 6.95. The van der Waals surface area contributed by atoms with Crippen LogP contribution in [0.15, 0.2) is 66.7 Å². The summed E-state index contributed by atoms with van der Waals surface area (Å²) in [6.07, 6.45) is 0.522. The summed E-state index contributed by atoms with van der Waals surface area (Å²) in [4.78, 5) is 51.2. The van der Waals surface area contributed by atoms with Crippen LogP contribution in [0.2, 0.25) is 10.0 Å². The summed E-state index contributed by atoms with van der Waals surface area (Å²) < 4.78 is 5.05. The van der Waals surface area contributed by atoms with Crippen molar-refractivity contribution in [3.8, 4) is 0 Å². The van der Waals surface area contributed by atoms with Gasteiger partial charge in [-0.1, -0.05) is 53.5 Å². The van der Waals surface area contributed by atoms with E-state index in [-0.39, 0.29) is 23.2 Å². The third-order valence-electron chi connectivity index (χ3n) is 5.15. The number of imide groups is 1. The lowest BCUT2D eigenvalue weighted by Gasteiger charge is -2.13. The number of hydrogen-bond donors (Lipinski definition) is 1. The molecule has 1 aliphatic rings. The first-order valence-electron chi connectivity index (χ1n) is 10.3. The van der Waals surface area contributed by atoms with E-state index in [1.54, 1.807) is 0 Å². The van der Waals surface area contributed by atoms with Gasteiger partial charge >= 0.3 is 5.97 Å². The van der Waals surface area contributed by atoms with Crippen molar-refractivity contribution in [1.82, 2.24) is 4.90 Å². The predicted molar refractivity (Wildman–Crippen MR) is 127 cm³/mol. The van der Waals surface area contributed by atoms with Gasteiger partial charge in [-0.2, -0.15) is 0 Å². The molecule has 3 amide bonds. The molecule has 172 valence electrons. The molecule has 0 atom stereocenters. The van der Waals surface area contributed by atoms with Crippen LogP contribution in [0.5, 0.6) is 0 Å². The van der Waals surface area contributed by atoms with Crippen molar-refractivity contribution in [2.45, 2.75) is 6.42 Å². The molecule has 1 aliphatic heterocycles. The number of ether oxygens (including phenoxy) is 1. The third-order valence-corrected chi connectivity index (χ3v) is 5.59. The average molecular weight is 497 g/mol. The molecule has 3 aromatic carbocycles. The lowest BCUT2D eigenvalue weighted by atomic mass is 10.1. The van der Waals surface area contributed by atoms with Crippen LogP contribution in [-0.2, 0) is 16.0 Å². The molecule has 1 heterocycles. The molecule has 4 rings (SSSR count). The molecule has 1 N–H and O–H groups in total. The van der Waals surface area contributed by atoms with Crippen molar-refractivity contribution in [1.29, 1.82) is 0 Å². The van der Waals surface area contributed by atoms with Gasteiger partial charge in [-0.05, 0) is 48.4 Å². The quantitative estimate of drug-likeness (QED) is 0.380. The second-order valence-electron chi connectivity index (χ2n) is 7.54. The first-order valence-corrected chi connectivity index (χ1v) is 11.0. The molecule has 34 heavy (non-hydrogen) atoms. The lowest BCUT2D eigenvalue weighted by molar-refractivity contribution is -0.119. The smallest absolute Gasteiger partial charge is 0.338 e. The Balaban J connectivity index is 1.37. The van der Waals surface area contributed by atoms with Crippen molar-refractivity contribution in [2.75, 3.05) is 18.5 Å². The number of anilines is 1. The van der Waals surface area contributed by atoms with Crippen LogP contribution in [-0.4, -0.2) is 41.7 Å². The van der Waals surface area contributed by atoms with E-state index in [1.165, 1.54) is 36.4 Å². The molecule has 9 heteroatoms. The van der Waals surface area contributed by atoms with Gasteiger partial charge in [-0.3, -0.25) is 19.3 Å². The highest BCUT2D eigenvalue weighted by atomic mass is 35.5. The van der Waals surface area contributed by atoms with Crippen LogP contribution in [0.3, 0.4) is 0 Å². The van der Waals surface area contributed by atoms with Gasteiger partial charge in [0.1, 0.15) is 0 Å². The summed E-state index contributed by atoms with van der Waals surface area (Å²) in [5.74, 6) is -2.27. The minimum atomic E-state index is -0.801. The van der Waals surface area contributed by atoms with Crippen LogP contribution >= 0.6 is 23.2 Å². The molecule has 0 unspecified atom stereocenters. The summed E-state index contributed by atoms with van der Waals surface area (Å²) in [5.41, 5.74) is 1.77. The second-order valence-corrected chi connectivity index (χ2v) is 8.41. The highest BCUT2D eigenvalue weighted by Crippen LogP contribution is 2.25. The van der Waals surface area contributed by atoms with Crippen LogP contribution in [0.25, 0.3) is 0 Å². The van der Waals surface area contributed by atoms with E-state index in [9.17, 15) is 19.2 Å². The number of esters is 1. The average Bonchev–Trinajstić information content (AvgIpc) is 3.05. The van der Waals surface area contributed by atoms with Crippen LogP contribution in [0.1, 0.15) is 36.6 Å². The fourth-order valence-corrected chi connectivity index (χ4v) is 4.07. The van der Waals surface area contributed by atoms with E-state index < -0.39 is 30.3 Å². The van der Waals surface area contributed by atoms with Crippen molar-refractivity contribution >= 4 is 52.6 Å². The zero-order valence-electron chi connectivity index (χ0n) is 17.7. The number of carbonyl (C=O) groups is 4. The van der Waals surface area contributed by atoms with E-state index in [0.29, 0.717) is 22.2 Å². The number of hydrogen-bond acceptors (Lipinski definition) is 5. The number of rotatable bonds is 7. The van der Waals surface area contributed by atoms with E-state index in [1.807, 2.05) is 30.3 Å². The van der Waals surface area contributed by atoms with Gasteiger partial charge in [0.05, 0.1) is 16.7 Å². The zero-order valence-corrected chi connectivity index (χ0v) is 19.2. The Morgan fingerprint density at radius 3 is 2.24 bits per heavy atom. The molecule has 7 nitrogen and oxygen atoms in total. The highest BCUT2D eigenvalue weighted by Gasteiger charge is 2.35. The fraction of sp³-hybridized carbons (Fsp3) is 0.120. The van der Waals surface area contributed by atoms with Gasteiger partial charge in [-0.15, -0.1) is 0 Å². The van der Waals surface area contributed by atoms with Crippen molar-refractivity contribution in [2.24, 2.45) is 0 Å². The standard InChI is InChI=1S/C25H18Cl2N2O5/c26-17-11-18(27)13-19(12-17)28-22(30)14-34-25(33)16-6-7-20-21(10-16)24(32)29(23(20)31)9-8-15-4-2-1-3-5-15/h1-7,10-13H,8-9,14H2,(H,28,30). The Labute approximate surface area is 205 Å². The minimum Gasteiger partial charge on any atom is -0.452 e. The summed E-state index contributed by atoms with van der Waals surface area (Å²) in [6, 6.07) is 18.1. The minimum absolute atomic E-state index is 0.0587. The number of nitrogens with zero attached hydrogens (tertiary/aromatic N) is 1. The highest BCUT2D eigenvalue weighted by molar-refractivity contribution is 6.35. The summed E-state index contributed by atoms with van der Waals surface area (Å²) in [5, 5.41) is 3.21. The Bertz CT molecular complexity index is 1270. The topological polar surface area (TPSA) is 92.8 Å². The predicted octanol–water partition coefficient (Wildman–Crippen LogP) is 4.63. The summed E-state index contributed by atoms with van der Waals surface area (Å²) in [6.45, 7) is -0.333. The number of halogens is 2. The number of benzene rings is 3. The molecule has 0 spiro atoms. The molecule has 0 aromatic heterocycles. The van der Waals surface area contributed by atoms with Gasteiger partial charge in [0, 0.05) is 22.3 Å². The summed E-state index contributed by atoms with van der Waals surface area (Å²) in [7, 11) is 0. The second kappa shape index (κ2) is 10.1. The molecular weight excluding hydrogens is 479 g/mol. The van der Waals surface area contributed by atoms with Crippen molar-refractivity contribution < 1.29 is 23.9 Å². The van der Waals surface area contributed by atoms with Crippen LogP contribution in [0, 0.1) is 0 Å². The maximum Gasteiger partial charge on any atom is 0.338 e. The van der Waals surface area contributed by atoms with E-state index >= 15 is 0 Å². The van der Waals surface area contributed by atoms with E-state index in [2.05, 4.69) is 5.32 Å². The molecule has 0 saturated carbocycles. The number of nitrogens with one attached hydrogen (secondary N) is 1. The lowest BCUT2D eigenvalue weighted by Crippen LogP contribution is -2.31. The van der Waals surface area contributed by atoms with Gasteiger partial charge in [0.15, 0.2) is 6.61 Å².